The molecule has 0 spiro atoms. The molecule has 0 amide bonds. The molecule has 2 unspecified atom stereocenters. The van der Waals surface area contributed by atoms with Crippen LogP contribution in [-0.4, -0.2) is 40.1 Å². The maximum Gasteiger partial charge on any atom is 0.124 e. The van der Waals surface area contributed by atoms with Gasteiger partial charge in [0.05, 0.1) is 18.8 Å². The molecule has 0 fully saturated rings. The zero-order valence-corrected chi connectivity index (χ0v) is 13.7. The molecule has 1 rings (SSSR count). The van der Waals surface area contributed by atoms with Crippen molar-refractivity contribution in [2.24, 2.45) is 0 Å². The molecule has 0 saturated carbocycles. The van der Waals surface area contributed by atoms with Gasteiger partial charge < -0.3 is 19.5 Å². The van der Waals surface area contributed by atoms with Crippen molar-refractivity contribution in [3.05, 3.63) is 29.8 Å². The van der Waals surface area contributed by atoms with Crippen molar-refractivity contribution < 1.29 is 14.2 Å². The molecule has 2 atom stereocenters. The van der Waals surface area contributed by atoms with E-state index in [2.05, 4.69) is 25.2 Å². The van der Waals surface area contributed by atoms with E-state index in [-0.39, 0.29) is 12.1 Å². The summed E-state index contributed by atoms with van der Waals surface area (Å²) < 4.78 is 16.6. The lowest BCUT2D eigenvalue weighted by atomic mass is 9.98. The van der Waals surface area contributed by atoms with Gasteiger partial charge in [-0.3, -0.25) is 0 Å². The highest BCUT2D eigenvalue weighted by Crippen LogP contribution is 2.29. The molecule has 1 aromatic rings. The summed E-state index contributed by atoms with van der Waals surface area (Å²) in [5.41, 5.74) is 1.15. The Morgan fingerprint density at radius 2 is 1.86 bits per heavy atom. The van der Waals surface area contributed by atoms with Crippen LogP contribution in [0, 0.1) is 0 Å². The van der Waals surface area contributed by atoms with Gasteiger partial charge in [-0.2, -0.15) is 0 Å². The third kappa shape index (κ3) is 5.65. The molecule has 0 aliphatic heterocycles. The second-order valence-corrected chi connectivity index (χ2v) is 4.99. The Bertz CT molecular complexity index is 380. The Balaban J connectivity index is 2.93. The highest BCUT2D eigenvalue weighted by atomic mass is 16.5. The SMILES string of the molecule is CCCNC(c1ccccc1OCCOC)C(CC)OC. The van der Waals surface area contributed by atoms with Crippen molar-refractivity contribution >= 4 is 0 Å². The van der Waals surface area contributed by atoms with Gasteiger partial charge in [-0.1, -0.05) is 32.0 Å². The van der Waals surface area contributed by atoms with E-state index in [0.717, 1.165) is 30.7 Å². The lowest BCUT2D eigenvalue weighted by molar-refractivity contribution is 0.0635. The van der Waals surface area contributed by atoms with Crippen molar-refractivity contribution in [3.8, 4) is 5.75 Å². The standard InChI is InChI=1S/C17H29NO3/c1-5-11-18-17(15(6-2)20-4)14-9-7-8-10-16(14)21-13-12-19-3/h7-10,15,17-18H,5-6,11-13H2,1-4H3. The number of methoxy groups -OCH3 is 2. The van der Waals surface area contributed by atoms with Crippen LogP contribution in [0.2, 0.25) is 0 Å². The highest BCUT2D eigenvalue weighted by Gasteiger charge is 2.23. The molecule has 1 aromatic carbocycles. The largest absolute Gasteiger partial charge is 0.491 e. The summed E-state index contributed by atoms with van der Waals surface area (Å²) in [5.74, 6) is 0.902. The quantitative estimate of drug-likeness (QED) is 0.637. The average Bonchev–Trinajstić information content (AvgIpc) is 2.52. The molecule has 1 N–H and O–H groups in total. The van der Waals surface area contributed by atoms with Gasteiger partial charge in [-0.25, -0.2) is 0 Å². The molecule has 0 aromatic heterocycles. The predicted octanol–water partition coefficient (Wildman–Crippen LogP) is 3.18. The Morgan fingerprint density at radius 1 is 1.10 bits per heavy atom. The van der Waals surface area contributed by atoms with Crippen LogP contribution in [0.1, 0.15) is 38.3 Å². The summed E-state index contributed by atoms with van der Waals surface area (Å²) in [6.07, 6.45) is 2.16. The molecule has 120 valence electrons. The summed E-state index contributed by atoms with van der Waals surface area (Å²) in [6.45, 7) is 6.40. The van der Waals surface area contributed by atoms with E-state index in [1.807, 2.05) is 18.2 Å². The first-order chi connectivity index (χ1) is 10.3. The third-order valence-electron chi connectivity index (χ3n) is 3.49. The number of benzene rings is 1. The van der Waals surface area contributed by atoms with Gasteiger partial charge in [0.15, 0.2) is 0 Å². The minimum Gasteiger partial charge on any atom is -0.491 e. The van der Waals surface area contributed by atoms with E-state index in [0.29, 0.717) is 13.2 Å². The maximum absolute atomic E-state index is 5.86. The van der Waals surface area contributed by atoms with E-state index in [9.17, 15) is 0 Å². The van der Waals surface area contributed by atoms with Crippen LogP contribution in [0.5, 0.6) is 5.75 Å². The summed E-state index contributed by atoms with van der Waals surface area (Å²) in [4.78, 5) is 0. The van der Waals surface area contributed by atoms with Gasteiger partial charge in [0.25, 0.3) is 0 Å². The van der Waals surface area contributed by atoms with Crippen LogP contribution in [0.25, 0.3) is 0 Å². The smallest absolute Gasteiger partial charge is 0.124 e. The van der Waals surface area contributed by atoms with Crippen molar-refractivity contribution in [1.29, 1.82) is 0 Å². The molecule has 0 saturated heterocycles. The van der Waals surface area contributed by atoms with E-state index >= 15 is 0 Å². The predicted molar refractivity (Wildman–Crippen MR) is 85.9 cm³/mol. The van der Waals surface area contributed by atoms with Crippen molar-refractivity contribution in [1.82, 2.24) is 5.32 Å². The zero-order chi connectivity index (χ0) is 15.5. The van der Waals surface area contributed by atoms with Crippen LogP contribution in [0.4, 0.5) is 0 Å². The number of para-hydroxylation sites is 1. The normalized spacial score (nSPS) is 13.9. The van der Waals surface area contributed by atoms with E-state index in [1.54, 1.807) is 14.2 Å². The first kappa shape index (κ1) is 18.0. The van der Waals surface area contributed by atoms with E-state index < -0.39 is 0 Å². The highest BCUT2D eigenvalue weighted by molar-refractivity contribution is 5.36. The molecule has 4 nitrogen and oxygen atoms in total. The summed E-state index contributed by atoms with van der Waals surface area (Å²) >= 11 is 0. The third-order valence-corrected chi connectivity index (χ3v) is 3.49. The van der Waals surface area contributed by atoms with Crippen LogP contribution in [0.3, 0.4) is 0 Å². The molecule has 4 heteroatoms. The van der Waals surface area contributed by atoms with Gasteiger partial charge in [-0.05, 0) is 25.5 Å². The topological polar surface area (TPSA) is 39.7 Å². The van der Waals surface area contributed by atoms with Gasteiger partial charge >= 0.3 is 0 Å². The summed E-state index contributed by atoms with van der Waals surface area (Å²) in [7, 11) is 3.45. The number of hydrogen-bond acceptors (Lipinski definition) is 4. The maximum atomic E-state index is 5.86. The number of ether oxygens (including phenoxy) is 3. The Labute approximate surface area is 128 Å². The Kier molecular flexibility index (Phi) is 9.06. The van der Waals surface area contributed by atoms with Gasteiger partial charge in [0.1, 0.15) is 12.4 Å². The average molecular weight is 295 g/mol. The van der Waals surface area contributed by atoms with Crippen LogP contribution < -0.4 is 10.1 Å². The van der Waals surface area contributed by atoms with Gasteiger partial charge in [0.2, 0.25) is 0 Å². The molecule has 0 bridgehead atoms. The van der Waals surface area contributed by atoms with Gasteiger partial charge in [-0.15, -0.1) is 0 Å². The molecule has 21 heavy (non-hydrogen) atoms. The Hall–Kier alpha value is -1.10. The van der Waals surface area contributed by atoms with E-state index in [4.69, 9.17) is 14.2 Å². The van der Waals surface area contributed by atoms with E-state index in [1.165, 1.54) is 0 Å². The second kappa shape index (κ2) is 10.6. The van der Waals surface area contributed by atoms with Crippen LogP contribution in [0.15, 0.2) is 24.3 Å². The lowest BCUT2D eigenvalue weighted by Gasteiger charge is -2.28. The summed E-state index contributed by atoms with van der Waals surface area (Å²) in [5, 5.41) is 3.58. The van der Waals surface area contributed by atoms with Gasteiger partial charge in [0, 0.05) is 19.8 Å². The number of nitrogens with one attached hydrogen (secondary N) is 1. The second-order valence-electron chi connectivity index (χ2n) is 4.99. The minimum absolute atomic E-state index is 0.128. The monoisotopic (exact) mass is 295 g/mol. The van der Waals surface area contributed by atoms with Crippen molar-refractivity contribution in [2.75, 3.05) is 34.0 Å². The van der Waals surface area contributed by atoms with Crippen molar-refractivity contribution in [3.63, 3.8) is 0 Å². The fourth-order valence-electron chi connectivity index (χ4n) is 2.38. The molecule has 0 aliphatic rings. The molecular formula is C17H29NO3. The summed E-state index contributed by atoms with van der Waals surface area (Å²) in [6, 6.07) is 8.29. The lowest BCUT2D eigenvalue weighted by Crippen LogP contribution is -2.34. The first-order valence-corrected chi connectivity index (χ1v) is 7.75. The van der Waals surface area contributed by atoms with Crippen LogP contribution in [-0.2, 0) is 9.47 Å². The molecule has 0 aliphatic carbocycles. The number of hydrogen-bond donors (Lipinski definition) is 1. The fraction of sp³-hybridized carbons (Fsp3) is 0.647. The Morgan fingerprint density at radius 3 is 2.48 bits per heavy atom. The zero-order valence-electron chi connectivity index (χ0n) is 13.7. The molecule has 0 heterocycles. The van der Waals surface area contributed by atoms with Crippen molar-refractivity contribution in [2.45, 2.75) is 38.8 Å². The first-order valence-electron chi connectivity index (χ1n) is 7.75. The number of rotatable bonds is 11. The molecule has 0 radical (unpaired) electrons. The molecular weight excluding hydrogens is 266 g/mol. The van der Waals surface area contributed by atoms with Crippen LogP contribution >= 0.6 is 0 Å². The fourth-order valence-corrected chi connectivity index (χ4v) is 2.38. The minimum atomic E-state index is 0.128.